The van der Waals surface area contributed by atoms with Crippen molar-refractivity contribution in [3.05, 3.63) is 23.0 Å². The summed E-state index contributed by atoms with van der Waals surface area (Å²) in [6.07, 6.45) is 0. The number of pyridine rings is 1. The summed E-state index contributed by atoms with van der Waals surface area (Å²) >= 11 is 0. The normalized spacial score (nSPS) is 10.4. The molecule has 0 spiro atoms. The fraction of sp³-hybridized carbons (Fsp3) is 0.500. The van der Waals surface area contributed by atoms with Crippen LogP contribution in [-0.2, 0) is 0 Å². The van der Waals surface area contributed by atoms with E-state index in [9.17, 15) is 4.79 Å². The van der Waals surface area contributed by atoms with Crippen molar-refractivity contribution in [1.82, 2.24) is 10.3 Å². The standard InChI is InChI=1S/C12H20N4O/c1-8-7-10(16(4)6-5-14-3)11(12(13)17)9(2)15-8/h7,14H,5-6H2,1-4H3,(H2,13,17). The second-order valence-electron chi connectivity index (χ2n) is 4.13. The van der Waals surface area contributed by atoms with Crippen LogP contribution < -0.4 is 16.0 Å². The molecule has 94 valence electrons. The molecule has 0 radical (unpaired) electrons. The summed E-state index contributed by atoms with van der Waals surface area (Å²) in [5.74, 6) is -0.429. The van der Waals surface area contributed by atoms with Crippen molar-refractivity contribution < 1.29 is 4.79 Å². The number of rotatable bonds is 5. The summed E-state index contributed by atoms with van der Waals surface area (Å²) in [6.45, 7) is 5.37. The molecule has 0 fully saturated rings. The maximum absolute atomic E-state index is 11.5. The van der Waals surface area contributed by atoms with Crippen molar-refractivity contribution in [3.8, 4) is 0 Å². The van der Waals surface area contributed by atoms with Gasteiger partial charge in [0.05, 0.1) is 16.9 Å². The predicted octanol–water partition coefficient (Wildman–Crippen LogP) is 0.453. The van der Waals surface area contributed by atoms with Gasteiger partial charge in [-0.1, -0.05) is 0 Å². The first-order valence-electron chi connectivity index (χ1n) is 5.61. The van der Waals surface area contributed by atoms with Crippen LogP contribution in [0.25, 0.3) is 0 Å². The van der Waals surface area contributed by atoms with Gasteiger partial charge in [-0.05, 0) is 27.0 Å². The highest BCUT2D eigenvalue weighted by molar-refractivity contribution is 5.99. The van der Waals surface area contributed by atoms with Crippen LogP contribution in [0.2, 0.25) is 0 Å². The van der Waals surface area contributed by atoms with Crippen LogP contribution in [0.5, 0.6) is 0 Å². The van der Waals surface area contributed by atoms with Gasteiger partial charge in [0.15, 0.2) is 0 Å². The largest absolute Gasteiger partial charge is 0.373 e. The molecule has 0 aliphatic heterocycles. The lowest BCUT2D eigenvalue weighted by atomic mass is 10.1. The first-order chi connectivity index (χ1) is 7.97. The molecule has 5 nitrogen and oxygen atoms in total. The minimum Gasteiger partial charge on any atom is -0.373 e. The average molecular weight is 236 g/mol. The Morgan fingerprint density at radius 1 is 1.53 bits per heavy atom. The number of anilines is 1. The molecule has 0 atom stereocenters. The van der Waals surface area contributed by atoms with Gasteiger partial charge in [0.1, 0.15) is 0 Å². The zero-order chi connectivity index (χ0) is 13.0. The van der Waals surface area contributed by atoms with E-state index < -0.39 is 5.91 Å². The van der Waals surface area contributed by atoms with Crippen LogP contribution in [0.4, 0.5) is 5.69 Å². The third kappa shape index (κ3) is 3.17. The smallest absolute Gasteiger partial charge is 0.252 e. The molecule has 17 heavy (non-hydrogen) atoms. The van der Waals surface area contributed by atoms with Crippen molar-refractivity contribution >= 4 is 11.6 Å². The van der Waals surface area contributed by atoms with Crippen LogP contribution >= 0.6 is 0 Å². The van der Waals surface area contributed by atoms with Gasteiger partial charge in [0.2, 0.25) is 0 Å². The summed E-state index contributed by atoms with van der Waals surface area (Å²) in [4.78, 5) is 17.8. The second-order valence-corrected chi connectivity index (χ2v) is 4.13. The third-order valence-electron chi connectivity index (χ3n) is 2.66. The van der Waals surface area contributed by atoms with E-state index in [1.54, 1.807) is 0 Å². The summed E-state index contributed by atoms with van der Waals surface area (Å²) in [5.41, 5.74) is 8.34. The Hall–Kier alpha value is -1.62. The van der Waals surface area contributed by atoms with Gasteiger partial charge in [-0.25, -0.2) is 0 Å². The van der Waals surface area contributed by atoms with Gasteiger partial charge in [-0.15, -0.1) is 0 Å². The molecule has 1 aromatic heterocycles. The zero-order valence-corrected chi connectivity index (χ0v) is 10.9. The number of aryl methyl sites for hydroxylation is 2. The van der Waals surface area contributed by atoms with Crippen LogP contribution in [-0.4, -0.2) is 38.1 Å². The Bertz CT molecular complexity index is 417. The van der Waals surface area contributed by atoms with Crippen molar-refractivity contribution in [2.45, 2.75) is 13.8 Å². The van der Waals surface area contributed by atoms with Crippen molar-refractivity contribution in [3.63, 3.8) is 0 Å². The Balaban J connectivity index is 3.15. The molecule has 0 aliphatic rings. The molecule has 3 N–H and O–H groups in total. The van der Waals surface area contributed by atoms with E-state index in [2.05, 4.69) is 10.3 Å². The summed E-state index contributed by atoms with van der Waals surface area (Å²) in [6, 6.07) is 1.89. The summed E-state index contributed by atoms with van der Waals surface area (Å²) in [7, 11) is 3.84. The maximum atomic E-state index is 11.5. The number of amides is 1. The molecular formula is C12H20N4O. The first kappa shape index (κ1) is 13.4. The summed E-state index contributed by atoms with van der Waals surface area (Å²) < 4.78 is 0. The Morgan fingerprint density at radius 3 is 2.71 bits per heavy atom. The number of nitrogens with one attached hydrogen (secondary N) is 1. The summed E-state index contributed by atoms with van der Waals surface area (Å²) in [5, 5.41) is 3.07. The topological polar surface area (TPSA) is 71.2 Å². The van der Waals surface area contributed by atoms with Crippen molar-refractivity contribution in [1.29, 1.82) is 0 Å². The van der Waals surface area contributed by atoms with Crippen molar-refractivity contribution in [2.24, 2.45) is 5.73 Å². The van der Waals surface area contributed by atoms with Gasteiger partial charge in [-0.2, -0.15) is 0 Å². The number of likely N-dealkylation sites (N-methyl/N-ethyl adjacent to an activating group) is 2. The van der Waals surface area contributed by atoms with E-state index >= 15 is 0 Å². The zero-order valence-electron chi connectivity index (χ0n) is 10.9. The number of nitrogens with zero attached hydrogens (tertiary/aromatic N) is 2. The van der Waals surface area contributed by atoms with E-state index in [1.165, 1.54) is 0 Å². The molecule has 5 heteroatoms. The van der Waals surface area contributed by atoms with Gasteiger partial charge >= 0.3 is 0 Å². The number of carbonyl (C=O) groups excluding carboxylic acids is 1. The highest BCUT2D eigenvalue weighted by Gasteiger charge is 2.16. The number of carbonyl (C=O) groups is 1. The Kier molecular flexibility index (Phi) is 4.45. The second kappa shape index (κ2) is 5.63. The van der Waals surface area contributed by atoms with E-state index in [4.69, 9.17) is 5.73 Å². The van der Waals surface area contributed by atoms with Crippen LogP contribution in [0.3, 0.4) is 0 Å². The number of hydrogen-bond acceptors (Lipinski definition) is 4. The van der Waals surface area contributed by atoms with Gasteiger partial charge < -0.3 is 16.0 Å². The minimum absolute atomic E-state index is 0.429. The quantitative estimate of drug-likeness (QED) is 0.779. The van der Waals surface area contributed by atoms with Gasteiger partial charge in [-0.3, -0.25) is 9.78 Å². The van der Waals surface area contributed by atoms with E-state index in [1.807, 2.05) is 38.9 Å². The van der Waals surface area contributed by atoms with Crippen molar-refractivity contribution in [2.75, 3.05) is 32.1 Å². The number of aromatic nitrogens is 1. The first-order valence-corrected chi connectivity index (χ1v) is 5.61. The molecule has 1 rings (SSSR count). The number of nitrogens with two attached hydrogens (primary N) is 1. The lowest BCUT2D eigenvalue weighted by Gasteiger charge is -2.22. The molecule has 0 aliphatic carbocycles. The molecular weight excluding hydrogens is 216 g/mol. The molecule has 1 heterocycles. The SMILES string of the molecule is CNCCN(C)c1cc(C)nc(C)c1C(N)=O. The number of hydrogen-bond donors (Lipinski definition) is 2. The molecule has 0 saturated heterocycles. The van der Waals surface area contributed by atoms with Crippen LogP contribution in [0, 0.1) is 13.8 Å². The van der Waals surface area contributed by atoms with Gasteiger partial charge in [0, 0.05) is 25.8 Å². The molecule has 0 saturated carbocycles. The fourth-order valence-electron chi connectivity index (χ4n) is 1.81. The molecule has 1 amide bonds. The predicted molar refractivity (Wildman–Crippen MR) is 69.4 cm³/mol. The number of primary amides is 1. The molecule has 1 aromatic rings. The molecule has 0 unspecified atom stereocenters. The maximum Gasteiger partial charge on any atom is 0.252 e. The van der Waals surface area contributed by atoms with E-state index in [0.29, 0.717) is 11.3 Å². The third-order valence-corrected chi connectivity index (χ3v) is 2.66. The lowest BCUT2D eigenvalue weighted by molar-refractivity contribution is 0.1000. The Labute approximate surface area is 102 Å². The van der Waals surface area contributed by atoms with Crippen LogP contribution in [0.1, 0.15) is 21.7 Å². The highest BCUT2D eigenvalue weighted by Crippen LogP contribution is 2.22. The van der Waals surface area contributed by atoms with E-state index in [0.717, 1.165) is 24.5 Å². The van der Waals surface area contributed by atoms with E-state index in [-0.39, 0.29) is 0 Å². The molecule has 0 aromatic carbocycles. The van der Waals surface area contributed by atoms with Gasteiger partial charge in [0.25, 0.3) is 5.91 Å². The highest BCUT2D eigenvalue weighted by atomic mass is 16.1. The van der Waals surface area contributed by atoms with Crippen LogP contribution in [0.15, 0.2) is 6.07 Å². The lowest BCUT2D eigenvalue weighted by Crippen LogP contribution is -2.30. The Morgan fingerprint density at radius 2 is 2.18 bits per heavy atom. The monoisotopic (exact) mass is 236 g/mol. The average Bonchev–Trinajstić information content (AvgIpc) is 2.23. The fourth-order valence-corrected chi connectivity index (χ4v) is 1.81. The minimum atomic E-state index is -0.429. The molecule has 0 bridgehead atoms.